The Labute approximate surface area is 154 Å². The van der Waals surface area contributed by atoms with E-state index in [0.717, 1.165) is 64.1 Å². The summed E-state index contributed by atoms with van der Waals surface area (Å²) in [6.07, 6.45) is 9.13. The molecule has 4 rings (SSSR count). The van der Waals surface area contributed by atoms with Crippen molar-refractivity contribution in [2.24, 2.45) is 0 Å². The topological polar surface area (TPSA) is 67.2 Å². The van der Waals surface area contributed by atoms with Crippen LogP contribution >= 0.6 is 0 Å². The normalized spacial score (nSPS) is 19.6. The Bertz CT molecular complexity index is 717. The van der Waals surface area contributed by atoms with Crippen molar-refractivity contribution in [1.82, 2.24) is 29.8 Å². The first-order chi connectivity index (χ1) is 12.8. The molecule has 138 valence electrons. The van der Waals surface area contributed by atoms with Crippen LogP contribution in [0.25, 0.3) is 0 Å². The molecule has 0 aromatic carbocycles. The number of amides is 1. The van der Waals surface area contributed by atoms with Crippen molar-refractivity contribution < 1.29 is 4.79 Å². The number of piperidine rings is 2. The zero-order valence-electron chi connectivity index (χ0n) is 15.1. The molecule has 2 saturated heterocycles. The summed E-state index contributed by atoms with van der Waals surface area (Å²) >= 11 is 0. The number of hydrogen-bond donors (Lipinski definition) is 0. The Morgan fingerprint density at radius 2 is 1.88 bits per heavy atom. The molecule has 0 radical (unpaired) electrons. The molecule has 0 aliphatic carbocycles. The van der Waals surface area contributed by atoms with E-state index >= 15 is 0 Å². The molecule has 26 heavy (non-hydrogen) atoms. The Hall–Kier alpha value is -2.28. The monoisotopic (exact) mass is 354 g/mol. The van der Waals surface area contributed by atoms with Gasteiger partial charge in [0.15, 0.2) is 5.69 Å². The second-order valence-corrected chi connectivity index (χ2v) is 7.27. The van der Waals surface area contributed by atoms with E-state index in [1.165, 1.54) is 6.42 Å². The zero-order chi connectivity index (χ0) is 17.8. The van der Waals surface area contributed by atoms with Gasteiger partial charge in [-0.15, -0.1) is 5.10 Å². The van der Waals surface area contributed by atoms with E-state index in [1.807, 2.05) is 34.1 Å². The number of carbonyl (C=O) groups is 1. The van der Waals surface area contributed by atoms with Crippen LogP contribution in [0.3, 0.4) is 0 Å². The van der Waals surface area contributed by atoms with Crippen LogP contribution in [0, 0.1) is 0 Å². The third-order valence-electron chi connectivity index (χ3n) is 5.42. The first-order valence-corrected chi connectivity index (χ1v) is 9.63. The van der Waals surface area contributed by atoms with Gasteiger partial charge in [-0.05, 0) is 44.2 Å². The van der Waals surface area contributed by atoms with E-state index in [0.29, 0.717) is 11.7 Å². The molecular formula is C19H26N6O. The van der Waals surface area contributed by atoms with Gasteiger partial charge in [-0.25, -0.2) is 4.68 Å². The Morgan fingerprint density at radius 3 is 2.62 bits per heavy atom. The summed E-state index contributed by atoms with van der Waals surface area (Å²) in [5.74, 6) is 0.0311. The molecule has 1 amide bonds. The number of likely N-dealkylation sites (tertiary alicyclic amines) is 2. The minimum absolute atomic E-state index is 0.0311. The molecule has 0 bridgehead atoms. The summed E-state index contributed by atoms with van der Waals surface area (Å²) in [7, 11) is 0. The fourth-order valence-corrected chi connectivity index (χ4v) is 3.87. The molecule has 2 aromatic heterocycles. The van der Waals surface area contributed by atoms with E-state index in [-0.39, 0.29) is 5.91 Å². The van der Waals surface area contributed by atoms with Gasteiger partial charge in [0.25, 0.3) is 5.91 Å². The van der Waals surface area contributed by atoms with E-state index in [2.05, 4.69) is 26.3 Å². The van der Waals surface area contributed by atoms with Gasteiger partial charge in [0.2, 0.25) is 0 Å². The smallest absolute Gasteiger partial charge is 0.276 e. The Balaban J connectivity index is 1.32. The molecule has 0 N–H and O–H groups in total. The molecular weight excluding hydrogens is 328 g/mol. The molecule has 7 nitrogen and oxygen atoms in total. The lowest BCUT2D eigenvalue weighted by Crippen LogP contribution is -2.36. The summed E-state index contributed by atoms with van der Waals surface area (Å²) in [4.78, 5) is 21.3. The fourth-order valence-electron chi connectivity index (χ4n) is 3.87. The van der Waals surface area contributed by atoms with Crippen LogP contribution in [0.1, 0.15) is 54.3 Å². The molecule has 2 aliphatic rings. The average molecular weight is 354 g/mol. The van der Waals surface area contributed by atoms with Crippen LogP contribution in [0.15, 0.2) is 30.6 Å². The summed E-state index contributed by atoms with van der Waals surface area (Å²) in [6, 6.07) is 6.38. The summed E-state index contributed by atoms with van der Waals surface area (Å²) in [5, 5.41) is 8.40. The van der Waals surface area contributed by atoms with Gasteiger partial charge in [0.1, 0.15) is 0 Å². The lowest BCUT2D eigenvalue weighted by molar-refractivity contribution is 0.0718. The van der Waals surface area contributed by atoms with Crippen LogP contribution in [0.4, 0.5) is 0 Å². The highest BCUT2D eigenvalue weighted by Gasteiger charge is 2.25. The average Bonchev–Trinajstić information content (AvgIpc) is 3.20. The van der Waals surface area contributed by atoms with Crippen molar-refractivity contribution in [2.75, 3.05) is 26.2 Å². The van der Waals surface area contributed by atoms with E-state index in [1.54, 1.807) is 0 Å². The number of pyridine rings is 1. The SMILES string of the molecule is O=C(c1cn(C2CCN(Cc3ccccn3)CC2)nn1)N1CCCCC1. The van der Waals surface area contributed by atoms with Crippen LogP contribution < -0.4 is 0 Å². The first-order valence-electron chi connectivity index (χ1n) is 9.63. The highest BCUT2D eigenvalue weighted by molar-refractivity contribution is 5.91. The van der Waals surface area contributed by atoms with E-state index in [4.69, 9.17) is 0 Å². The molecule has 2 fully saturated rings. The predicted octanol–water partition coefficient (Wildman–Crippen LogP) is 2.14. The summed E-state index contributed by atoms with van der Waals surface area (Å²) < 4.78 is 1.90. The standard InChI is InChI=1S/C19H26N6O/c26-19(24-10-4-1-5-11-24)18-15-25(22-21-18)17-7-12-23(13-8-17)14-16-6-2-3-9-20-16/h2-3,6,9,15,17H,1,4-5,7-8,10-14H2. The highest BCUT2D eigenvalue weighted by atomic mass is 16.2. The second kappa shape index (κ2) is 7.95. The Kier molecular flexibility index (Phi) is 5.24. The predicted molar refractivity (Wildman–Crippen MR) is 97.6 cm³/mol. The number of aromatic nitrogens is 4. The van der Waals surface area contributed by atoms with Gasteiger partial charge < -0.3 is 4.90 Å². The lowest BCUT2D eigenvalue weighted by Gasteiger charge is -2.31. The van der Waals surface area contributed by atoms with Crippen LogP contribution in [-0.4, -0.2) is 61.9 Å². The van der Waals surface area contributed by atoms with Crippen molar-refractivity contribution in [3.05, 3.63) is 42.0 Å². The third-order valence-corrected chi connectivity index (χ3v) is 5.42. The molecule has 7 heteroatoms. The van der Waals surface area contributed by atoms with Crippen molar-refractivity contribution in [3.63, 3.8) is 0 Å². The maximum atomic E-state index is 12.5. The van der Waals surface area contributed by atoms with Crippen molar-refractivity contribution in [2.45, 2.75) is 44.7 Å². The number of rotatable bonds is 4. The molecule has 2 aliphatic heterocycles. The maximum absolute atomic E-state index is 12.5. The summed E-state index contributed by atoms with van der Waals surface area (Å²) in [5.41, 5.74) is 1.60. The van der Waals surface area contributed by atoms with Crippen LogP contribution in [0.5, 0.6) is 0 Å². The van der Waals surface area contributed by atoms with Gasteiger partial charge >= 0.3 is 0 Å². The van der Waals surface area contributed by atoms with Gasteiger partial charge in [0, 0.05) is 38.9 Å². The van der Waals surface area contributed by atoms with Crippen molar-refractivity contribution in [1.29, 1.82) is 0 Å². The minimum atomic E-state index is 0.0311. The van der Waals surface area contributed by atoms with Crippen LogP contribution in [-0.2, 0) is 6.54 Å². The van der Waals surface area contributed by atoms with E-state index < -0.39 is 0 Å². The molecule has 0 unspecified atom stereocenters. The number of nitrogens with zero attached hydrogens (tertiary/aromatic N) is 6. The minimum Gasteiger partial charge on any atom is -0.337 e. The van der Waals surface area contributed by atoms with Gasteiger partial charge in [0.05, 0.1) is 17.9 Å². The van der Waals surface area contributed by atoms with Crippen molar-refractivity contribution in [3.8, 4) is 0 Å². The molecule has 0 atom stereocenters. The van der Waals surface area contributed by atoms with E-state index in [9.17, 15) is 4.79 Å². The quantitative estimate of drug-likeness (QED) is 0.841. The third kappa shape index (κ3) is 3.93. The lowest BCUT2D eigenvalue weighted by atomic mass is 10.1. The largest absolute Gasteiger partial charge is 0.337 e. The first kappa shape index (κ1) is 17.1. The maximum Gasteiger partial charge on any atom is 0.276 e. The molecule has 0 saturated carbocycles. The number of hydrogen-bond acceptors (Lipinski definition) is 5. The zero-order valence-corrected chi connectivity index (χ0v) is 15.1. The molecule has 4 heterocycles. The molecule has 2 aromatic rings. The summed E-state index contributed by atoms with van der Waals surface area (Å²) in [6.45, 7) is 4.60. The van der Waals surface area contributed by atoms with Crippen LogP contribution in [0.2, 0.25) is 0 Å². The second-order valence-electron chi connectivity index (χ2n) is 7.27. The van der Waals surface area contributed by atoms with Gasteiger partial charge in [-0.3, -0.25) is 14.7 Å². The van der Waals surface area contributed by atoms with Gasteiger partial charge in [-0.1, -0.05) is 11.3 Å². The van der Waals surface area contributed by atoms with Crippen molar-refractivity contribution >= 4 is 5.91 Å². The van der Waals surface area contributed by atoms with Gasteiger partial charge in [-0.2, -0.15) is 0 Å². The number of carbonyl (C=O) groups excluding carboxylic acids is 1. The molecule has 0 spiro atoms. The fraction of sp³-hybridized carbons (Fsp3) is 0.579. The highest BCUT2D eigenvalue weighted by Crippen LogP contribution is 2.23. The Morgan fingerprint density at radius 1 is 1.08 bits per heavy atom.